The van der Waals surface area contributed by atoms with E-state index in [9.17, 15) is 39.3 Å². The molecular weight excluding hydrogens is 400 g/mol. The number of alkyl halides is 6. The molecule has 11 heteroatoms. The second kappa shape index (κ2) is 12.1. The molecule has 0 amide bonds. The first-order valence-corrected chi connectivity index (χ1v) is 10.4. The molecule has 0 radical (unpaired) electrons. The Balaban J connectivity index is 0. The van der Waals surface area contributed by atoms with E-state index in [0.29, 0.717) is 0 Å². The van der Waals surface area contributed by atoms with Gasteiger partial charge >= 0.3 is 11.4 Å². The van der Waals surface area contributed by atoms with Crippen LogP contribution in [0.25, 0.3) is 0 Å². The molecule has 0 N–H and O–H groups in total. The first-order chi connectivity index (χ1) is 12.1. The highest BCUT2D eigenvalue weighted by Crippen LogP contribution is 2.31. The van der Waals surface area contributed by atoms with Gasteiger partial charge in [-0.2, -0.15) is 22.0 Å². The number of rotatable bonds is 11. The second-order valence-electron chi connectivity index (χ2n) is 6.30. The Morgan fingerprint density at radius 3 is 1.52 bits per heavy atom. The van der Waals surface area contributed by atoms with Gasteiger partial charge in [-0.15, -0.1) is 0 Å². The van der Waals surface area contributed by atoms with Gasteiger partial charge in [-0.05, 0) is 40.5 Å². The van der Waals surface area contributed by atoms with Crippen molar-refractivity contribution in [3.8, 4) is 0 Å². The van der Waals surface area contributed by atoms with Gasteiger partial charge in [0.25, 0.3) is 0 Å². The van der Waals surface area contributed by atoms with E-state index in [1.54, 1.807) is 0 Å². The number of halogens is 6. The Hall–Kier alpha value is -0.550. The van der Waals surface area contributed by atoms with Crippen LogP contribution in [0.4, 0.5) is 26.3 Å². The van der Waals surface area contributed by atoms with Crippen molar-refractivity contribution >= 4 is 10.1 Å². The Labute approximate surface area is 158 Å². The smallest absolute Gasteiger partial charge is 0.389 e. The molecule has 0 aliphatic heterocycles. The Morgan fingerprint density at radius 1 is 0.852 bits per heavy atom. The van der Waals surface area contributed by atoms with Crippen LogP contribution in [0.3, 0.4) is 0 Å². The Morgan fingerprint density at radius 2 is 1.26 bits per heavy atom. The van der Waals surface area contributed by atoms with E-state index in [0.717, 1.165) is 0 Å². The van der Waals surface area contributed by atoms with Crippen molar-refractivity contribution in [1.82, 2.24) is 0 Å². The van der Waals surface area contributed by atoms with Crippen molar-refractivity contribution in [2.24, 2.45) is 0 Å². The summed E-state index contributed by atoms with van der Waals surface area (Å²) < 4.78 is 104. The average Bonchev–Trinajstić information content (AvgIpc) is 2.55. The monoisotopic (exact) mass is 431 g/mol. The molecule has 0 heterocycles. The molecule has 0 aliphatic carbocycles. The summed E-state index contributed by atoms with van der Waals surface area (Å²) in [5.74, 6) is 0. The predicted molar refractivity (Wildman–Crippen MR) is 91.1 cm³/mol. The van der Waals surface area contributed by atoms with Crippen molar-refractivity contribution in [3.05, 3.63) is 0 Å². The minimum Gasteiger partial charge on any atom is -0.743 e. The molecule has 1 atom stereocenters. The summed E-state index contributed by atoms with van der Waals surface area (Å²) in [6, 6.07) is 0. The number of nitrogens with zero attached hydrogens (tertiary/aromatic N) is 1. The minimum atomic E-state index is -6.11. The quantitative estimate of drug-likeness (QED) is 0.203. The van der Waals surface area contributed by atoms with E-state index in [2.05, 4.69) is 27.7 Å². The summed E-state index contributed by atoms with van der Waals surface area (Å²) in [4.78, 5) is 0. The lowest BCUT2D eigenvalue weighted by atomic mass is 10.1. The zero-order valence-corrected chi connectivity index (χ0v) is 17.1. The first-order valence-electron chi connectivity index (χ1n) is 9.01. The summed E-state index contributed by atoms with van der Waals surface area (Å²) in [6.45, 7) is 14.2. The molecule has 4 nitrogen and oxygen atoms in total. The molecule has 0 aromatic rings. The van der Waals surface area contributed by atoms with E-state index in [4.69, 9.17) is 0 Å². The molecule has 0 fully saturated rings. The molecule has 27 heavy (non-hydrogen) atoms. The van der Waals surface area contributed by atoms with Crippen LogP contribution in [0, 0.1) is 0 Å². The predicted octanol–water partition coefficient (Wildman–Crippen LogP) is 4.86. The highest BCUT2D eigenvalue weighted by Gasteiger charge is 2.46. The summed E-state index contributed by atoms with van der Waals surface area (Å²) in [5, 5.41) is -5.04. The van der Waals surface area contributed by atoms with Gasteiger partial charge in [0.1, 0.15) is 0 Å². The van der Waals surface area contributed by atoms with Gasteiger partial charge < -0.3 is 9.04 Å². The van der Waals surface area contributed by atoms with Crippen molar-refractivity contribution in [3.63, 3.8) is 0 Å². The average molecular weight is 431 g/mol. The standard InChI is InChI=1S/C8H12F6O3S.C8H20N/c9-6(8(13,14)18(15,16)17)4-2-1-3-5-7(10,11)12;1-5-9(6-2,7-3)8-4/h6H,1-5H2,(H,15,16,17);5-8H2,1-4H3/q;+1/p-1. The third-order valence-corrected chi connectivity index (χ3v) is 5.72. The topological polar surface area (TPSA) is 57.2 Å². The van der Waals surface area contributed by atoms with Gasteiger partial charge in [0.05, 0.1) is 26.2 Å². The van der Waals surface area contributed by atoms with Crippen LogP contribution >= 0.6 is 0 Å². The minimum absolute atomic E-state index is 0.186. The lowest BCUT2D eigenvalue weighted by molar-refractivity contribution is -0.921. The maximum atomic E-state index is 12.8. The molecule has 0 spiro atoms. The van der Waals surface area contributed by atoms with Crippen LogP contribution in [0.15, 0.2) is 0 Å². The first kappa shape index (κ1) is 28.7. The van der Waals surface area contributed by atoms with E-state index in [1.165, 1.54) is 30.7 Å². The van der Waals surface area contributed by atoms with E-state index in [-0.39, 0.29) is 19.3 Å². The highest BCUT2D eigenvalue weighted by molar-refractivity contribution is 7.86. The van der Waals surface area contributed by atoms with Crippen molar-refractivity contribution in [2.45, 2.75) is 77.4 Å². The van der Waals surface area contributed by atoms with Crippen molar-refractivity contribution < 1.29 is 43.8 Å². The molecule has 0 rings (SSSR count). The fourth-order valence-corrected chi connectivity index (χ4v) is 2.92. The van der Waals surface area contributed by atoms with Gasteiger partial charge in [0, 0.05) is 6.42 Å². The zero-order chi connectivity index (χ0) is 21.9. The molecule has 1 unspecified atom stereocenters. The van der Waals surface area contributed by atoms with Crippen LogP contribution in [0.1, 0.15) is 59.8 Å². The molecule has 0 saturated carbocycles. The maximum Gasteiger partial charge on any atom is 0.389 e. The molecule has 166 valence electrons. The third kappa shape index (κ3) is 11.1. The fourth-order valence-electron chi connectivity index (χ4n) is 2.49. The lowest BCUT2D eigenvalue weighted by Crippen LogP contribution is -2.47. The number of quaternary nitrogens is 1. The fraction of sp³-hybridized carbons (Fsp3) is 1.00. The van der Waals surface area contributed by atoms with Gasteiger partial charge in [-0.25, -0.2) is 12.8 Å². The Kier molecular flexibility index (Phi) is 12.8. The van der Waals surface area contributed by atoms with Gasteiger partial charge in [0.15, 0.2) is 16.3 Å². The highest BCUT2D eigenvalue weighted by atomic mass is 32.2. The third-order valence-electron chi connectivity index (χ3n) is 4.80. The molecule has 0 bridgehead atoms. The zero-order valence-electron chi connectivity index (χ0n) is 16.3. The van der Waals surface area contributed by atoms with Crippen molar-refractivity contribution in [2.75, 3.05) is 26.2 Å². The normalized spacial score (nSPS) is 14.5. The molecular formula is C16H31F6NO3S. The van der Waals surface area contributed by atoms with Gasteiger partial charge in [-0.3, -0.25) is 0 Å². The molecule has 0 aromatic carbocycles. The summed E-state index contributed by atoms with van der Waals surface area (Å²) >= 11 is 0. The number of hydrogen-bond acceptors (Lipinski definition) is 3. The summed E-state index contributed by atoms with van der Waals surface area (Å²) in [5.41, 5.74) is 0. The van der Waals surface area contributed by atoms with Gasteiger partial charge in [-0.1, -0.05) is 12.8 Å². The molecule has 0 aromatic heterocycles. The Bertz CT molecular complexity index is 475. The van der Waals surface area contributed by atoms with Crippen molar-refractivity contribution in [1.29, 1.82) is 0 Å². The van der Waals surface area contributed by atoms with Crippen LogP contribution in [-0.4, -0.2) is 61.2 Å². The number of unbranched alkanes of at least 4 members (excludes halogenated alkanes) is 2. The summed E-state index contributed by atoms with van der Waals surface area (Å²) in [6.07, 6.45) is -10.6. The molecule has 0 saturated heterocycles. The van der Waals surface area contributed by atoms with E-state index >= 15 is 0 Å². The van der Waals surface area contributed by atoms with Crippen LogP contribution < -0.4 is 0 Å². The van der Waals surface area contributed by atoms with Crippen LogP contribution in [0.2, 0.25) is 0 Å². The van der Waals surface area contributed by atoms with Crippen LogP contribution in [0.5, 0.6) is 0 Å². The lowest BCUT2D eigenvalue weighted by Gasteiger charge is -2.34. The summed E-state index contributed by atoms with van der Waals surface area (Å²) in [7, 11) is -6.11. The molecule has 0 aliphatic rings. The second-order valence-corrected chi connectivity index (χ2v) is 7.76. The SMILES string of the molecule is CC[N+](CC)(CC)CC.O=S(=O)([O-])C(F)(F)C(F)CCCCCC(F)(F)F. The van der Waals surface area contributed by atoms with Gasteiger partial charge in [0.2, 0.25) is 0 Å². The van der Waals surface area contributed by atoms with E-state index in [1.807, 2.05) is 0 Å². The van der Waals surface area contributed by atoms with E-state index < -0.39 is 40.6 Å². The largest absolute Gasteiger partial charge is 0.743 e. The number of hydrogen-bond donors (Lipinski definition) is 0. The maximum absolute atomic E-state index is 12.8. The van der Waals surface area contributed by atoms with Crippen LogP contribution in [-0.2, 0) is 10.1 Å².